The number of fused-ring (bicyclic) bond motifs is 3. The molecule has 0 saturated heterocycles. The third-order valence-electron chi connectivity index (χ3n) is 7.63. The summed E-state index contributed by atoms with van der Waals surface area (Å²) in [5.74, 6) is -1.16. The molecule has 1 aliphatic carbocycles. The van der Waals surface area contributed by atoms with Crippen molar-refractivity contribution in [3.8, 4) is 5.75 Å². The Morgan fingerprint density at radius 1 is 1.33 bits per heavy atom. The van der Waals surface area contributed by atoms with Gasteiger partial charge in [0.1, 0.15) is 11.6 Å². The second kappa shape index (κ2) is 6.91. The number of rotatable bonds is 3. The summed E-state index contributed by atoms with van der Waals surface area (Å²) in [7, 11) is 0. The van der Waals surface area contributed by atoms with Gasteiger partial charge in [-0.05, 0) is 47.3 Å². The number of aromatic hydroxyl groups is 1. The van der Waals surface area contributed by atoms with Crippen LogP contribution in [0.25, 0.3) is 0 Å². The van der Waals surface area contributed by atoms with Crippen molar-refractivity contribution in [3.05, 3.63) is 57.5 Å². The minimum Gasteiger partial charge on any atom is -0.501 e. The van der Waals surface area contributed by atoms with Gasteiger partial charge in [-0.25, -0.2) is 9.37 Å². The Morgan fingerprint density at radius 2 is 2.00 bits per heavy atom. The molecule has 2 bridgehead atoms. The molecule has 0 spiro atoms. The van der Waals surface area contributed by atoms with E-state index in [9.17, 15) is 19.1 Å². The van der Waals surface area contributed by atoms with Gasteiger partial charge in [0.25, 0.3) is 11.5 Å². The first-order valence-corrected chi connectivity index (χ1v) is 10.2. The zero-order valence-corrected chi connectivity index (χ0v) is 17.4. The van der Waals surface area contributed by atoms with Crippen molar-refractivity contribution in [2.45, 2.75) is 52.7 Å². The number of carbonyl (C=O) groups is 1. The Bertz CT molecular complexity index is 1060. The van der Waals surface area contributed by atoms with Crippen LogP contribution in [-0.2, 0) is 13.1 Å². The normalized spacial score (nSPS) is 26.7. The molecule has 2 heterocycles. The van der Waals surface area contributed by atoms with E-state index in [1.807, 2.05) is 0 Å². The lowest BCUT2D eigenvalue weighted by atomic mass is 9.63. The molecule has 3 atom stereocenters. The predicted molar refractivity (Wildman–Crippen MR) is 109 cm³/mol. The highest BCUT2D eigenvalue weighted by molar-refractivity contribution is 5.94. The molecule has 4 rings (SSSR count). The van der Waals surface area contributed by atoms with Crippen molar-refractivity contribution in [2.75, 3.05) is 0 Å². The van der Waals surface area contributed by atoms with E-state index in [2.05, 4.69) is 31.1 Å². The van der Waals surface area contributed by atoms with Crippen LogP contribution in [0, 0.1) is 22.6 Å². The SMILES string of the molecule is CC1(C)[C@@H]2CC[C@@]1(C)[C@@H](N)c1nc(C(=O)NCc3ccc(F)cc3)c(O)c(=O)n1C2. The summed E-state index contributed by atoms with van der Waals surface area (Å²) in [6, 6.07) is 5.14. The lowest BCUT2D eigenvalue weighted by Crippen LogP contribution is -2.42. The van der Waals surface area contributed by atoms with Crippen molar-refractivity contribution in [3.63, 3.8) is 0 Å². The fraction of sp³-hybridized carbons (Fsp3) is 0.500. The first-order valence-electron chi connectivity index (χ1n) is 10.2. The molecule has 1 amide bonds. The number of nitrogens with two attached hydrogens (primary N) is 1. The summed E-state index contributed by atoms with van der Waals surface area (Å²) in [6.45, 7) is 6.97. The van der Waals surface area contributed by atoms with Crippen molar-refractivity contribution in [1.82, 2.24) is 14.9 Å². The molecular formula is C22H27FN4O3. The molecule has 1 aromatic carbocycles. The minimum atomic E-state index is -0.678. The summed E-state index contributed by atoms with van der Waals surface area (Å²) in [5.41, 5.74) is 5.94. The van der Waals surface area contributed by atoms with E-state index < -0.39 is 23.3 Å². The van der Waals surface area contributed by atoms with Gasteiger partial charge in [-0.1, -0.05) is 32.9 Å². The zero-order chi connectivity index (χ0) is 21.8. The Hall–Kier alpha value is -2.74. The highest BCUT2D eigenvalue weighted by Gasteiger charge is 2.57. The van der Waals surface area contributed by atoms with Crippen LogP contribution in [0.15, 0.2) is 29.1 Å². The van der Waals surface area contributed by atoms with Crippen LogP contribution >= 0.6 is 0 Å². The predicted octanol–water partition coefficient (Wildman–Crippen LogP) is 2.47. The summed E-state index contributed by atoms with van der Waals surface area (Å²) in [6.07, 6.45) is 1.86. The topological polar surface area (TPSA) is 110 Å². The van der Waals surface area contributed by atoms with Crippen molar-refractivity contribution < 1.29 is 14.3 Å². The summed E-state index contributed by atoms with van der Waals surface area (Å²) < 4.78 is 14.5. The van der Waals surface area contributed by atoms with E-state index in [1.54, 1.807) is 12.1 Å². The third kappa shape index (κ3) is 2.93. The van der Waals surface area contributed by atoms with Crippen LogP contribution in [-0.4, -0.2) is 20.6 Å². The molecule has 4 N–H and O–H groups in total. The third-order valence-corrected chi connectivity index (χ3v) is 7.63. The van der Waals surface area contributed by atoms with Crippen molar-refractivity contribution in [1.29, 1.82) is 0 Å². The van der Waals surface area contributed by atoms with E-state index in [-0.39, 0.29) is 34.8 Å². The van der Waals surface area contributed by atoms with Crippen LogP contribution in [0.4, 0.5) is 4.39 Å². The number of aromatic nitrogens is 2. The van der Waals surface area contributed by atoms with E-state index >= 15 is 0 Å². The number of carbonyl (C=O) groups excluding carboxylic acids is 1. The Labute approximate surface area is 174 Å². The van der Waals surface area contributed by atoms with Gasteiger partial charge in [-0.2, -0.15) is 0 Å². The summed E-state index contributed by atoms with van der Waals surface area (Å²) >= 11 is 0. The van der Waals surface area contributed by atoms with Gasteiger partial charge in [0, 0.05) is 13.1 Å². The molecule has 160 valence electrons. The second-order valence-electron chi connectivity index (χ2n) is 9.24. The Kier molecular flexibility index (Phi) is 4.73. The maximum atomic E-state index is 13.0. The number of nitrogens with one attached hydrogen (secondary N) is 1. The molecule has 0 radical (unpaired) electrons. The fourth-order valence-corrected chi connectivity index (χ4v) is 5.01. The second-order valence-corrected chi connectivity index (χ2v) is 9.24. The molecule has 1 saturated carbocycles. The molecule has 2 aromatic rings. The van der Waals surface area contributed by atoms with Gasteiger partial charge in [0.2, 0.25) is 5.75 Å². The van der Waals surface area contributed by atoms with Gasteiger partial charge >= 0.3 is 0 Å². The maximum absolute atomic E-state index is 13.0. The monoisotopic (exact) mass is 414 g/mol. The average molecular weight is 414 g/mol. The van der Waals surface area contributed by atoms with E-state index in [0.29, 0.717) is 17.9 Å². The van der Waals surface area contributed by atoms with Crippen molar-refractivity contribution >= 4 is 5.91 Å². The number of amides is 1. The van der Waals surface area contributed by atoms with Crippen LogP contribution in [0.3, 0.4) is 0 Å². The van der Waals surface area contributed by atoms with Gasteiger partial charge in [-0.3, -0.25) is 14.2 Å². The standard InChI is InChI=1S/C22H27FN4O3/c1-21(2)13-8-9-22(21,3)17(24)18-26-15(16(28)20(30)27(18)11-13)19(29)25-10-12-4-6-14(23)7-5-12/h4-7,13,17,28H,8-11,24H2,1-3H3,(H,25,29)/t13-,17+,22+/m1/s1. The van der Waals surface area contributed by atoms with E-state index in [0.717, 1.165) is 12.8 Å². The largest absolute Gasteiger partial charge is 0.501 e. The quantitative estimate of drug-likeness (QED) is 0.715. The fourth-order valence-electron chi connectivity index (χ4n) is 5.01. The van der Waals surface area contributed by atoms with E-state index in [1.165, 1.54) is 16.7 Å². The summed E-state index contributed by atoms with van der Waals surface area (Å²) in [5, 5.41) is 13.1. The lowest BCUT2D eigenvalue weighted by Gasteiger charge is -2.43. The van der Waals surface area contributed by atoms with Gasteiger partial charge in [0.15, 0.2) is 5.69 Å². The van der Waals surface area contributed by atoms with Gasteiger partial charge in [0.05, 0.1) is 6.04 Å². The van der Waals surface area contributed by atoms with Gasteiger partial charge in [-0.15, -0.1) is 0 Å². The molecule has 2 aliphatic rings. The summed E-state index contributed by atoms with van der Waals surface area (Å²) in [4.78, 5) is 30.0. The Balaban J connectivity index is 1.69. The highest BCUT2D eigenvalue weighted by atomic mass is 19.1. The Morgan fingerprint density at radius 3 is 2.67 bits per heavy atom. The van der Waals surface area contributed by atoms with Crippen LogP contribution < -0.4 is 16.6 Å². The van der Waals surface area contributed by atoms with Crippen LogP contribution in [0.2, 0.25) is 0 Å². The number of halogens is 1. The van der Waals surface area contributed by atoms with Crippen LogP contribution in [0.5, 0.6) is 5.75 Å². The molecular weight excluding hydrogens is 387 g/mol. The van der Waals surface area contributed by atoms with Crippen LogP contribution in [0.1, 0.15) is 61.5 Å². The molecule has 30 heavy (non-hydrogen) atoms. The maximum Gasteiger partial charge on any atom is 0.296 e. The number of hydrogen-bond acceptors (Lipinski definition) is 5. The minimum absolute atomic E-state index is 0.109. The highest BCUT2D eigenvalue weighted by Crippen LogP contribution is 2.62. The number of hydrogen-bond donors (Lipinski definition) is 3. The molecule has 1 aliphatic heterocycles. The average Bonchev–Trinajstić information content (AvgIpc) is 2.91. The van der Waals surface area contributed by atoms with Crippen molar-refractivity contribution in [2.24, 2.45) is 22.5 Å². The first-order chi connectivity index (χ1) is 14.1. The lowest BCUT2D eigenvalue weighted by molar-refractivity contribution is 0.0655. The smallest absolute Gasteiger partial charge is 0.296 e. The van der Waals surface area contributed by atoms with E-state index in [4.69, 9.17) is 5.73 Å². The van der Waals surface area contributed by atoms with Gasteiger partial charge < -0.3 is 16.2 Å². The first kappa shape index (κ1) is 20.5. The molecule has 1 fully saturated rings. The molecule has 0 unspecified atom stereocenters. The molecule has 8 heteroatoms. The molecule has 1 aromatic heterocycles. The zero-order valence-electron chi connectivity index (χ0n) is 17.4. The number of benzene rings is 1. The molecule has 7 nitrogen and oxygen atoms in total. The number of nitrogens with zero attached hydrogens (tertiary/aromatic N) is 2.